The number of halogens is 3. The van der Waals surface area contributed by atoms with E-state index in [1.54, 1.807) is 18.2 Å². The van der Waals surface area contributed by atoms with Crippen LogP contribution in [0.15, 0.2) is 48.8 Å². The molecule has 4 rings (SSSR count). The Morgan fingerprint density at radius 2 is 1.69 bits per heavy atom. The molecule has 0 unspecified atom stereocenters. The number of alkyl halides is 3. The molecule has 1 fully saturated rings. The number of rotatable bonds is 9. The minimum absolute atomic E-state index is 0.0902. The van der Waals surface area contributed by atoms with E-state index < -0.39 is 12.8 Å². The van der Waals surface area contributed by atoms with E-state index in [-0.39, 0.29) is 29.2 Å². The summed E-state index contributed by atoms with van der Waals surface area (Å²) in [6, 6.07) is 9.64. The van der Waals surface area contributed by atoms with Crippen molar-refractivity contribution in [3.05, 3.63) is 54.4 Å². The van der Waals surface area contributed by atoms with Gasteiger partial charge < -0.3 is 24.8 Å². The van der Waals surface area contributed by atoms with Crippen LogP contribution in [0.25, 0.3) is 11.1 Å². The average molecular weight is 488 g/mol. The molecule has 0 spiro atoms. The summed E-state index contributed by atoms with van der Waals surface area (Å²) < 4.78 is 54.0. The molecular weight excluding hydrogens is 465 g/mol. The van der Waals surface area contributed by atoms with Gasteiger partial charge in [0.05, 0.1) is 14.2 Å². The van der Waals surface area contributed by atoms with Gasteiger partial charge in [-0.2, -0.15) is 13.2 Å². The first-order valence-electron chi connectivity index (χ1n) is 10.7. The van der Waals surface area contributed by atoms with Crippen LogP contribution in [0.1, 0.15) is 23.2 Å². The van der Waals surface area contributed by atoms with Crippen LogP contribution in [0, 0.1) is 0 Å². The molecule has 1 heterocycles. The number of carbonyl (C=O) groups is 1. The molecule has 1 aliphatic carbocycles. The molecule has 1 amide bonds. The fraction of sp³-hybridized carbons (Fsp3) is 0.292. The number of nitrogens with one attached hydrogen (secondary N) is 2. The van der Waals surface area contributed by atoms with E-state index in [2.05, 4.69) is 20.6 Å². The number of methoxy groups -OCH3 is 2. The van der Waals surface area contributed by atoms with Crippen molar-refractivity contribution in [2.24, 2.45) is 0 Å². The first kappa shape index (κ1) is 24.1. The lowest BCUT2D eigenvalue weighted by molar-refractivity contribution is -0.153. The zero-order chi connectivity index (χ0) is 25.0. The summed E-state index contributed by atoms with van der Waals surface area (Å²) in [4.78, 5) is 20.9. The molecule has 1 saturated carbocycles. The summed E-state index contributed by atoms with van der Waals surface area (Å²) in [6.07, 6.45) is 0.146. The van der Waals surface area contributed by atoms with Gasteiger partial charge in [-0.05, 0) is 31.0 Å². The first-order chi connectivity index (χ1) is 16.7. The highest BCUT2D eigenvalue weighted by molar-refractivity contribution is 5.96. The monoisotopic (exact) mass is 488 g/mol. The van der Waals surface area contributed by atoms with Crippen molar-refractivity contribution in [2.75, 3.05) is 26.1 Å². The Balaban J connectivity index is 1.57. The van der Waals surface area contributed by atoms with E-state index in [9.17, 15) is 18.0 Å². The Bertz CT molecular complexity index is 1180. The lowest BCUT2D eigenvalue weighted by Gasteiger charge is -2.15. The molecular formula is C24H23F3N4O4. The maximum Gasteiger partial charge on any atom is 0.422 e. The maximum absolute atomic E-state index is 12.8. The van der Waals surface area contributed by atoms with E-state index >= 15 is 0 Å². The standard InChI is InChI=1S/C24H23F3N4O4/c1-33-18-8-17(9-19(10-18)34-2)31-23-28-11-15(12-29-23)20-6-3-14(22(32)30-16-4-5-16)7-21(20)35-13-24(25,26)27/h3,6-12,16H,4-5,13H2,1-2H3,(H,30,32)(H,28,29,31). The molecule has 2 aromatic carbocycles. The van der Waals surface area contributed by atoms with Gasteiger partial charge in [-0.3, -0.25) is 4.79 Å². The lowest BCUT2D eigenvalue weighted by atomic mass is 10.0. The fourth-order valence-electron chi connectivity index (χ4n) is 3.22. The molecule has 1 aliphatic rings. The number of benzene rings is 2. The van der Waals surface area contributed by atoms with Gasteiger partial charge in [0.15, 0.2) is 6.61 Å². The molecule has 0 bridgehead atoms. The van der Waals surface area contributed by atoms with Gasteiger partial charge in [0.25, 0.3) is 5.91 Å². The molecule has 1 aromatic heterocycles. The number of ether oxygens (including phenoxy) is 3. The highest BCUT2D eigenvalue weighted by Crippen LogP contribution is 2.33. The number of hydrogen-bond donors (Lipinski definition) is 2. The Kier molecular flexibility index (Phi) is 6.94. The minimum atomic E-state index is -4.54. The molecule has 0 atom stereocenters. The summed E-state index contributed by atoms with van der Waals surface area (Å²) in [7, 11) is 3.06. The molecule has 2 N–H and O–H groups in total. The lowest BCUT2D eigenvalue weighted by Crippen LogP contribution is -2.25. The van der Waals surface area contributed by atoms with Gasteiger partial charge >= 0.3 is 6.18 Å². The third-order valence-electron chi connectivity index (χ3n) is 5.12. The van der Waals surface area contributed by atoms with E-state index in [4.69, 9.17) is 14.2 Å². The van der Waals surface area contributed by atoms with Crippen LogP contribution in [0.2, 0.25) is 0 Å². The third-order valence-corrected chi connectivity index (χ3v) is 5.12. The van der Waals surface area contributed by atoms with Crippen LogP contribution in [-0.4, -0.2) is 48.9 Å². The van der Waals surface area contributed by atoms with Crippen molar-refractivity contribution >= 4 is 17.5 Å². The quantitative estimate of drug-likeness (QED) is 0.449. The van der Waals surface area contributed by atoms with Crippen LogP contribution in [0.4, 0.5) is 24.8 Å². The van der Waals surface area contributed by atoms with Crippen LogP contribution in [0.5, 0.6) is 17.2 Å². The smallest absolute Gasteiger partial charge is 0.422 e. The van der Waals surface area contributed by atoms with Crippen molar-refractivity contribution in [1.82, 2.24) is 15.3 Å². The molecule has 11 heteroatoms. The van der Waals surface area contributed by atoms with E-state index in [1.807, 2.05) is 0 Å². The van der Waals surface area contributed by atoms with Gasteiger partial charge in [0, 0.05) is 59.0 Å². The average Bonchev–Trinajstić information content (AvgIpc) is 3.66. The highest BCUT2D eigenvalue weighted by atomic mass is 19.4. The molecule has 0 radical (unpaired) electrons. The summed E-state index contributed by atoms with van der Waals surface area (Å²) in [5.41, 5.74) is 1.58. The number of hydrogen-bond acceptors (Lipinski definition) is 7. The van der Waals surface area contributed by atoms with Crippen molar-refractivity contribution in [1.29, 1.82) is 0 Å². The van der Waals surface area contributed by atoms with Crippen LogP contribution in [-0.2, 0) is 0 Å². The Hall–Kier alpha value is -4.02. The van der Waals surface area contributed by atoms with Gasteiger partial charge in [-0.15, -0.1) is 0 Å². The number of amides is 1. The highest BCUT2D eigenvalue weighted by Gasteiger charge is 2.29. The largest absolute Gasteiger partial charge is 0.497 e. The number of anilines is 2. The predicted molar refractivity (Wildman–Crippen MR) is 122 cm³/mol. The van der Waals surface area contributed by atoms with Crippen LogP contribution in [0.3, 0.4) is 0 Å². The molecule has 0 aliphatic heterocycles. The van der Waals surface area contributed by atoms with E-state index in [0.29, 0.717) is 28.3 Å². The molecule has 0 saturated heterocycles. The molecule has 3 aromatic rings. The van der Waals surface area contributed by atoms with Gasteiger partial charge in [-0.1, -0.05) is 0 Å². The number of aromatic nitrogens is 2. The summed E-state index contributed by atoms with van der Waals surface area (Å²) >= 11 is 0. The summed E-state index contributed by atoms with van der Waals surface area (Å²) in [5, 5.41) is 5.83. The Morgan fingerprint density at radius 1 is 1.03 bits per heavy atom. The number of nitrogens with zero attached hydrogens (tertiary/aromatic N) is 2. The predicted octanol–water partition coefficient (Wildman–Crippen LogP) is 4.74. The zero-order valence-corrected chi connectivity index (χ0v) is 19.0. The van der Waals surface area contributed by atoms with Crippen molar-refractivity contribution < 1.29 is 32.2 Å². The van der Waals surface area contributed by atoms with Crippen molar-refractivity contribution in [3.63, 3.8) is 0 Å². The second kappa shape index (κ2) is 10.1. The Labute approximate surface area is 199 Å². The Morgan fingerprint density at radius 3 is 2.26 bits per heavy atom. The summed E-state index contributed by atoms with van der Waals surface area (Å²) in [6.45, 7) is -1.49. The fourth-order valence-corrected chi connectivity index (χ4v) is 3.22. The van der Waals surface area contributed by atoms with Gasteiger partial charge in [0.2, 0.25) is 5.95 Å². The van der Waals surface area contributed by atoms with Crippen LogP contribution >= 0.6 is 0 Å². The van der Waals surface area contributed by atoms with E-state index in [0.717, 1.165) is 12.8 Å². The first-order valence-corrected chi connectivity index (χ1v) is 10.7. The van der Waals surface area contributed by atoms with Crippen molar-refractivity contribution in [3.8, 4) is 28.4 Å². The minimum Gasteiger partial charge on any atom is -0.497 e. The molecule has 8 nitrogen and oxygen atoms in total. The second-order valence-electron chi connectivity index (χ2n) is 7.88. The molecule has 184 valence electrons. The van der Waals surface area contributed by atoms with E-state index in [1.165, 1.54) is 44.8 Å². The SMILES string of the molecule is COc1cc(Nc2ncc(-c3ccc(C(=O)NC4CC4)cc3OCC(F)(F)F)cn2)cc(OC)c1. The van der Waals surface area contributed by atoms with Gasteiger partial charge in [0.1, 0.15) is 17.2 Å². The maximum atomic E-state index is 12.8. The topological polar surface area (TPSA) is 94.6 Å². The van der Waals surface area contributed by atoms with Crippen LogP contribution < -0.4 is 24.8 Å². The van der Waals surface area contributed by atoms with Crippen molar-refractivity contribution in [2.45, 2.75) is 25.1 Å². The number of carbonyl (C=O) groups excluding carboxylic acids is 1. The van der Waals surface area contributed by atoms with Gasteiger partial charge in [-0.25, -0.2) is 9.97 Å². The third kappa shape index (κ3) is 6.52. The zero-order valence-electron chi connectivity index (χ0n) is 19.0. The molecule has 35 heavy (non-hydrogen) atoms. The normalized spacial score (nSPS) is 13.2. The summed E-state index contributed by atoms with van der Waals surface area (Å²) in [5.74, 6) is 0.941. The second-order valence-corrected chi connectivity index (χ2v) is 7.88.